The van der Waals surface area contributed by atoms with Gasteiger partial charge in [-0.1, -0.05) is 0 Å². The molecule has 29 heavy (non-hydrogen) atoms. The Morgan fingerprint density at radius 2 is 1.76 bits per heavy atom. The first-order valence-electron chi connectivity index (χ1n) is 8.91. The highest BCUT2D eigenvalue weighted by atomic mass is 16.4. The van der Waals surface area contributed by atoms with Crippen LogP contribution in [0.5, 0.6) is 0 Å². The molecule has 3 rings (SSSR count). The molecule has 9 nitrogen and oxygen atoms in total. The van der Waals surface area contributed by atoms with Gasteiger partial charge in [-0.15, -0.1) is 0 Å². The lowest BCUT2D eigenvalue weighted by molar-refractivity contribution is -0.122. The van der Waals surface area contributed by atoms with Crippen LogP contribution in [-0.4, -0.2) is 40.6 Å². The van der Waals surface area contributed by atoms with Gasteiger partial charge in [0.1, 0.15) is 11.8 Å². The number of anilines is 1. The van der Waals surface area contributed by atoms with Crippen LogP contribution in [0.3, 0.4) is 0 Å². The maximum absolute atomic E-state index is 12.2. The van der Waals surface area contributed by atoms with Crippen molar-refractivity contribution in [1.29, 1.82) is 0 Å². The number of aromatic nitrogens is 2. The Kier molecular flexibility index (Phi) is 5.77. The lowest BCUT2D eigenvalue weighted by Gasteiger charge is -2.10. The monoisotopic (exact) mass is 395 g/mol. The number of nitrogens with one attached hydrogen (secondary N) is 3. The van der Waals surface area contributed by atoms with E-state index < -0.39 is 11.9 Å². The Morgan fingerprint density at radius 3 is 2.38 bits per heavy atom. The summed E-state index contributed by atoms with van der Waals surface area (Å²) in [6.07, 6.45) is 1.69. The van der Waals surface area contributed by atoms with E-state index in [1.165, 1.54) is 13.1 Å². The van der Waals surface area contributed by atoms with E-state index in [4.69, 9.17) is 4.42 Å². The molecule has 0 fully saturated rings. The van der Waals surface area contributed by atoms with Crippen molar-refractivity contribution in [1.82, 2.24) is 20.4 Å². The predicted molar refractivity (Wildman–Crippen MR) is 106 cm³/mol. The van der Waals surface area contributed by atoms with Crippen molar-refractivity contribution in [3.8, 4) is 11.3 Å². The van der Waals surface area contributed by atoms with E-state index in [0.717, 1.165) is 5.56 Å². The maximum atomic E-state index is 12.2. The average Bonchev–Trinajstić information content (AvgIpc) is 3.37. The lowest BCUT2D eigenvalue weighted by atomic mass is 10.1. The van der Waals surface area contributed by atoms with Gasteiger partial charge in [-0.05, 0) is 49.4 Å². The molecule has 0 saturated heterocycles. The second-order valence-corrected chi connectivity index (χ2v) is 6.38. The highest BCUT2D eigenvalue weighted by Crippen LogP contribution is 2.24. The van der Waals surface area contributed by atoms with Crippen LogP contribution >= 0.6 is 0 Å². The van der Waals surface area contributed by atoms with E-state index in [1.54, 1.807) is 61.2 Å². The van der Waals surface area contributed by atoms with E-state index in [2.05, 4.69) is 21.0 Å². The zero-order valence-corrected chi connectivity index (χ0v) is 16.2. The van der Waals surface area contributed by atoms with Gasteiger partial charge in [0.15, 0.2) is 11.5 Å². The van der Waals surface area contributed by atoms with Gasteiger partial charge in [-0.25, -0.2) is 0 Å². The topological polar surface area (TPSA) is 118 Å². The third-order valence-electron chi connectivity index (χ3n) is 4.19. The van der Waals surface area contributed by atoms with Crippen LogP contribution in [0, 0.1) is 0 Å². The summed E-state index contributed by atoms with van der Waals surface area (Å²) in [5, 5.41) is 11.8. The first-order chi connectivity index (χ1) is 13.9. The number of amides is 3. The lowest BCUT2D eigenvalue weighted by Crippen LogP contribution is -2.43. The van der Waals surface area contributed by atoms with Gasteiger partial charge < -0.3 is 20.4 Å². The largest absolute Gasteiger partial charge is 0.451 e. The molecule has 0 aliphatic rings. The number of carbonyl (C=O) groups excluding carboxylic acids is 3. The van der Waals surface area contributed by atoms with Gasteiger partial charge in [0.2, 0.25) is 5.91 Å². The molecule has 150 valence electrons. The molecule has 1 aromatic carbocycles. The molecule has 2 aromatic heterocycles. The molecular formula is C20H21N5O4. The number of nitrogens with zero attached hydrogens (tertiary/aromatic N) is 2. The van der Waals surface area contributed by atoms with Crippen molar-refractivity contribution in [2.45, 2.75) is 13.0 Å². The fourth-order valence-corrected chi connectivity index (χ4v) is 2.61. The Balaban J connectivity index is 1.65. The van der Waals surface area contributed by atoms with Crippen molar-refractivity contribution in [3.63, 3.8) is 0 Å². The molecule has 0 spiro atoms. The maximum Gasteiger partial charge on any atom is 0.287 e. The van der Waals surface area contributed by atoms with Crippen molar-refractivity contribution in [2.75, 3.05) is 12.4 Å². The number of hydrogen-bond acceptors (Lipinski definition) is 5. The summed E-state index contributed by atoms with van der Waals surface area (Å²) in [6, 6.07) is 11.1. The van der Waals surface area contributed by atoms with Crippen LogP contribution in [0.1, 0.15) is 28.0 Å². The summed E-state index contributed by atoms with van der Waals surface area (Å²) < 4.78 is 7.15. The molecule has 1 atom stereocenters. The van der Waals surface area contributed by atoms with Crippen LogP contribution in [0.2, 0.25) is 0 Å². The summed E-state index contributed by atoms with van der Waals surface area (Å²) in [5.41, 5.74) is 1.66. The Labute approximate surface area is 167 Å². The second kappa shape index (κ2) is 8.42. The van der Waals surface area contributed by atoms with E-state index in [9.17, 15) is 14.4 Å². The zero-order chi connectivity index (χ0) is 21.0. The summed E-state index contributed by atoms with van der Waals surface area (Å²) in [7, 11) is 3.24. The van der Waals surface area contributed by atoms with E-state index in [-0.39, 0.29) is 17.6 Å². The highest BCUT2D eigenvalue weighted by molar-refractivity contribution is 6.02. The van der Waals surface area contributed by atoms with Crippen molar-refractivity contribution < 1.29 is 18.8 Å². The van der Waals surface area contributed by atoms with E-state index in [0.29, 0.717) is 17.1 Å². The summed E-state index contributed by atoms with van der Waals surface area (Å²) in [4.78, 5) is 35.8. The fourth-order valence-electron chi connectivity index (χ4n) is 2.61. The second-order valence-electron chi connectivity index (χ2n) is 6.38. The number of carbonyl (C=O) groups is 3. The molecule has 0 aliphatic carbocycles. The van der Waals surface area contributed by atoms with E-state index in [1.807, 2.05) is 0 Å². The van der Waals surface area contributed by atoms with Crippen LogP contribution in [0.25, 0.3) is 11.3 Å². The van der Waals surface area contributed by atoms with Gasteiger partial charge in [0, 0.05) is 31.5 Å². The Hall–Kier alpha value is -3.88. The molecule has 3 aromatic rings. The van der Waals surface area contributed by atoms with E-state index >= 15 is 0 Å². The number of likely N-dealkylation sites (N-methyl/N-ethyl adjacent to an activating group) is 1. The molecule has 3 N–H and O–H groups in total. The number of furan rings is 1. The first-order valence-corrected chi connectivity index (χ1v) is 8.91. The number of benzene rings is 1. The van der Waals surface area contributed by atoms with Crippen molar-refractivity contribution >= 4 is 23.4 Å². The smallest absolute Gasteiger partial charge is 0.287 e. The molecule has 2 heterocycles. The van der Waals surface area contributed by atoms with Crippen molar-refractivity contribution in [3.05, 3.63) is 60.1 Å². The van der Waals surface area contributed by atoms with Crippen LogP contribution < -0.4 is 16.0 Å². The Morgan fingerprint density at radius 1 is 1.03 bits per heavy atom. The molecular weight excluding hydrogens is 374 g/mol. The molecule has 0 bridgehead atoms. The third-order valence-corrected chi connectivity index (χ3v) is 4.19. The highest BCUT2D eigenvalue weighted by Gasteiger charge is 2.18. The SMILES string of the molecule is CNC(=O)C(C)NC(=O)c1ccc(-c2ccc(NC(=O)c3ccn(C)n3)cc2)o1. The fraction of sp³-hybridized carbons (Fsp3) is 0.200. The molecule has 9 heteroatoms. The minimum absolute atomic E-state index is 0.100. The molecule has 0 saturated carbocycles. The van der Waals surface area contributed by atoms with Crippen LogP contribution in [-0.2, 0) is 11.8 Å². The molecule has 0 aliphatic heterocycles. The minimum atomic E-state index is -0.678. The summed E-state index contributed by atoms with van der Waals surface area (Å²) in [6.45, 7) is 1.58. The molecule has 3 amide bonds. The van der Waals surface area contributed by atoms with Gasteiger partial charge in [-0.2, -0.15) is 5.10 Å². The average molecular weight is 395 g/mol. The normalized spacial score (nSPS) is 11.6. The quantitative estimate of drug-likeness (QED) is 0.588. The Bertz CT molecular complexity index is 1040. The van der Waals surface area contributed by atoms with Crippen LogP contribution in [0.4, 0.5) is 5.69 Å². The summed E-state index contributed by atoms with van der Waals surface area (Å²) in [5.74, 6) is -0.491. The molecule has 1 unspecified atom stereocenters. The number of hydrogen-bond donors (Lipinski definition) is 3. The summed E-state index contributed by atoms with van der Waals surface area (Å²) >= 11 is 0. The number of aryl methyl sites for hydroxylation is 1. The first kappa shape index (κ1) is 19.9. The van der Waals surface area contributed by atoms with Crippen molar-refractivity contribution in [2.24, 2.45) is 7.05 Å². The third kappa shape index (κ3) is 4.70. The van der Waals surface area contributed by atoms with Gasteiger partial charge >= 0.3 is 0 Å². The van der Waals surface area contributed by atoms with Gasteiger partial charge in [0.05, 0.1) is 0 Å². The standard InChI is InChI=1S/C20H21N5O4/c1-12(18(26)21-2)22-20(28)17-9-8-16(29-17)13-4-6-14(7-5-13)23-19(27)15-10-11-25(3)24-15/h4-12H,1-3H3,(H,21,26)(H,22,28)(H,23,27). The van der Waals surface area contributed by atoms with Gasteiger partial charge in [-0.3, -0.25) is 19.1 Å². The van der Waals surface area contributed by atoms with Crippen LogP contribution in [0.15, 0.2) is 53.1 Å². The number of rotatable bonds is 6. The predicted octanol–water partition coefficient (Wildman–Crippen LogP) is 1.80. The minimum Gasteiger partial charge on any atom is -0.451 e. The van der Waals surface area contributed by atoms with Gasteiger partial charge in [0.25, 0.3) is 11.8 Å². The molecule has 0 radical (unpaired) electrons. The zero-order valence-electron chi connectivity index (χ0n) is 16.2.